The molecule has 0 saturated carbocycles. The second-order valence-corrected chi connectivity index (χ2v) is 11.6. The van der Waals surface area contributed by atoms with Crippen molar-refractivity contribution < 1.29 is 35.1 Å². The summed E-state index contributed by atoms with van der Waals surface area (Å²) in [6, 6.07) is 7.63. The van der Waals surface area contributed by atoms with Gasteiger partial charge in [0, 0.05) is 12.4 Å². The van der Waals surface area contributed by atoms with Gasteiger partial charge in [-0.2, -0.15) is 0 Å². The molecule has 2 aromatic carbocycles. The van der Waals surface area contributed by atoms with E-state index in [9.17, 15) is 35.1 Å². The van der Waals surface area contributed by atoms with Crippen molar-refractivity contribution in [2.45, 2.75) is 0 Å². The van der Waals surface area contributed by atoms with Crippen LogP contribution in [0.25, 0.3) is 22.3 Å². The monoisotopic (exact) mass is 1040 g/mol. The average molecular weight is 1040 g/mol. The van der Waals surface area contributed by atoms with Crippen molar-refractivity contribution in [1.82, 2.24) is 29.9 Å². The van der Waals surface area contributed by atoms with Crippen LogP contribution >= 0.6 is 90.4 Å². The van der Waals surface area contributed by atoms with E-state index in [2.05, 4.69) is 29.9 Å². The fourth-order valence-corrected chi connectivity index (χ4v) is 4.60. The highest BCUT2D eigenvalue weighted by Crippen LogP contribution is 2.27. The van der Waals surface area contributed by atoms with Gasteiger partial charge in [-0.25, -0.2) is 55.1 Å². The summed E-state index contributed by atoms with van der Waals surface area (Å²) in [5.41, 5.74) is 3.52. The molecule has 6 aromatic rings. The molecule has 2 N–H and O–H groups in total. The van der Waals surface area contributed by atoms with Crippen LogP contribution in [0.3, 0.4) is 0 Å². The van der Waals surface area contributed by atoms with Gasteiger partial charge in [0.2, 0.25) is 0 Å². The molecule has 0 bridgehead atoms. The first-order chi connectivity index (χ1) is 19.9. The summed E-state index contributed by atoms with van der Waals surface area (Å²) in [6.07, 6.45) is 6.72. The molecule has 6 rings (SSSR count). The number of hydrogen-bond donors (Lipinski definition) is 2. The summed E-state index contributed by atoms with van der Waals surface area (Å²) in [6.45, 7) is 0. The molecule has 4 aromatic heterocycles. The average Bonchev–Trinajstić information content (AvgIpc) is 3.70. The largest absolute Gasteiger partial charge is 0.343 e. The minimum Gasteiger partial charge on any atom is -0.343 e. The summed E-state index contributed by atoms with van der Waals surface area (Å²) in [5, 5.41) is 0. The standard InChI is InChI=1S/2C6F4I2.2C6H5N3/c2*7-1-2(8)6(12)4(10)3(9)5(1)11;2*1-2-5-6(7-3-1)9-4-8-5/h;;2*1-4H,(H,7,8,9). The number of nitrogens with zero attached hydrogens (tertiary/aromatic N) is 4. The van der Waals surface area contributed by atoms with Gasteiger partial charge in [0.25, 0.3) is 0 Å². The van der Waals surface area contributed by atoms with Gasteiger partial charge in [0.05, 0.1) is 38.0 Å². The van der Waals surface area contributed by atoms with Gasteiger partial charge in [0.1, 0.15) is 0 Å². The van der Waals surface area contributed by atoms with E-state index in [1.54, 1.807) is 25.0 Å². The van der Waals surface area contributed by atoms with Crippen molar-refractivity contribution >= 4 is 113 Å². The van der Waals surface area contributed by atoms with Crippen molar-refractivity contribution in [2.24, 2.45) is 0 Å². The fraction of sp³-hybridized carbons (Fsp3) is 0. The van der Waals surface area contributed by atoms with Crippen LogP contribution < -0.4 is 0 Å². The van der Waals surface area contributed by atoms with Gasteiger partial charge < -0.3 is 9.97 Å². The van der Waals surface area contributed by atoms with E-state index in [0.29, 0.717) is 0 Å². The highest BCUT2D eigenvalue weighted by molar-refractivity contribution is 14.1. The van der Waals surface area contributed by atoms with Crippen molar-refractivity contribution in [2.75, 3.05) is 0 Å². The van der Waals surface area contributed by atoms with Gasteiger partial charge in [-0.1, -0.05) is 0 Å². The number of benzene rings is 2. The van der Waals surface area contributed by atoms with Gasteiger partial charge >= 0.3 is 0 Å². The molecule has 0 amide bonds. The van der Waals surface area contributed by atoms with E-state index >= 15 is 0 Å². The Morgan fingerprint density at radius 3 is 0.929 bits per heavy atom. The number of aromatic amines is 2. The Balaban J connectivity index is 0.000000155. The van der Waals surface area contributed by atoms with Crippen LogP contribution in [0.2, 0.25) is 0 Å². The smallest absolute Gasteiger partial charge is 0.177 e. The maximum Gasteiger partial charge on any atom is 0.177 e. The summed E-state index contributed by atoms with van der Waals surface area (Å²) in [4.78, 5) is 21.8. The second kappa shape index (κ2) is 15.7. The lowest BCUT2D eigenvalue weighted by Crippen LogP contribution is -2.02. The lowest BCUT2D eigenvalue weighted by molar-refractivity contribution is 0.437. The topological polar surface area (TPSA) is 83.1 Å². The Hall–Kier alpha value is -1.96. The predicted molar refractivity (Wildman–Crippen MR) is 171 cm³/mol. The maximum atomic E-state index is 12.6. The molecule has 0 fully saturated rings. The summed E-state index contributed by atoms with van der Waals surface area (Å²) < 4.78 is 98.5. The number of nitrogens with one attached hydrogen (secondary N) is 2. The van der Waals surface area contributed by atoms with Crippen molar-refractivity contribution in [3.05, 3.63) is 110 Å². The van der Waals surface area contributed by atoms with E-state index in [4.69, 9.17) is 0 Å². The SMILES string of the molecule is Fc1c(F)c(I)c(F)c(F)c1I.Fc1c(F)c(I)c(F)c(F)c1I.c1cnc2nc[nH]c2c1.c1cnc2nc[nH]c2c1. The van der Waals surface area contributed by atoms with E-state index < -0.39 is 60.8 Å². The molecule has 42 heavy (non-hydrogen) atoms. The summed E-state index contributed by atoms with van der Waals surface area (Å²) in [5.74, 6) is -10.8. The first kappa shape index (κ1) is 34.5. The number of imidazole rings is 2. The van der Waals surface area contributed by atoms with Crippen molar-refractivity contribution in [1.29, 1.82) is 0 Å². The molecular formula is C24H10F8I4N6. The molecule has 0 aliphatic rings. The van der Waals surface area contributed by atoms with Gasteiger partial charge in [-0.3, -0.25) is 0 Å². The Bertz CT molecular complexity index is 1450. The quantitative estimate of drug-likeness (QED) is 0.0691. The molecule has 0 saturated heterocycles. The van der Waals surface area contributed by atoms with E-state index in [0.717, 1.165) is 22.3 Å². The zero-order valence-electron chi connectivity index (χ0n) is 19.9. The van der Waals surface area contributed by atoms with Crippen LogP contribution in [-0.4, -0.2) is 29.9 Å². The second-order valence-electron chi connectivity index (χ2n) is 7.32. The molecule has 6 nitrogen and oxygen atoms in total. The molecule has 0 atom stereocenters. The normalized spacial score (nSPS) is 10.4. The molecule has 18 heteroatoms. The fourth-order valence-electron chi connectivity index (χ4n) is 2.71. The summed E-state index contributed by atoms with van der Waals surface area (Å²) >= 11 is 4.81. The van der Waals surface area contributed by atoms with Crippen LogP contribution in [0, 0.1) is 60.8 Å². The van der Waals surface area contributed by atoms with Crippen LogP contribution in [-0.2, 0) is 0 Å². The van der Waals surface area contributed by atoms with Crippen LogP contribution in [0.15, 0.2) is 49.3 Å². The summed E-state index contributed by atoms with van der Waals surface area (Å²) in [7, 11) is 0. The van der Waals surface area contributed by atoms with Crippen LogP contribution in [0.5, 0.6) is 0 Å². The number of hydrogen-bond acceptors (Lipinski definition) is 4. The Labute approximate surface area is 285 Å². The Morgan fingerprint density at radius 1 is 0.429 bits per heavy atom. The first-order valence-corrected chi connectivity index (χ1v) is 15.0. The lowest BCUT2D eigenvalue weighted by atomic mass is 10.3. The number of rotatable bonds is 0. The minimum absolute atomic E-state index is 0.664. The van der Waals surface area contributed by atoms with Crippen molar-refractivity contribution in [3.63, 3.8) is 0 Å². The van der Waals surface area contributed by atoms with Gasteiger partial charge in [0.15, 0.2) is 57.8 Å². The molecule has 220 valence electrons. The number of pyridine rings is 2. The first-order valence-electron chi connectivity index (χ1n) is 10.7. The van der Waals surface area contributed by atoms with Crippen LogP contribution in [0.1, 0.15) is 0 Å². The number of halogens is 12. The van der Waals surface area contributed by atoms with Gasteiger partial charge in [-0.05, 0) is 115 Å². The molecule has 0 aliphatic heterocycles. The Morgan fingerprint density at radius 2 is 0.690 bits per heavy atom. The predicted octanol–water partition coefficient (Wildman–Crippen LogP) is 8.82. The zero-order chi connectivity index (χ0) is 31.1. The Kier molecular flexibility index (Phi) is 12.9. The number of fused-ring (bicyclic) bond motifs is 2. The molecule has 0 radical (unpaired) electrons. The third-order valence-electron chi connectivity index (χ3n) is 4.70. The molecular weight excluding hydrogens is 1030 g/mol. The van der Waals surface area contributed by atoms with E-state index in [-0.39, 0.29) is 0 Å². The number of aromatic nitrogens is 6. The zero-order valence-corrected chi connectivity index (χ0v) is 28.6. The molecule has 0 unspecified atom stereocenters. The minimum atomic E-state index is -1.35. The van der Waals surface area contributed by atoms with Gasteiger partial charge in [-0.15, -0.1) is 0 Å². The van der Waals surface area contributed by atoms with Crippen molar-refractivity contribution in [3.8, 4) is 0 Å². The molecule has 0 aliphatic carbocycles. The van der Waals surface area contributed by atoms with E-state index in [1.807, 2.05) is 24.3 Å². The maximum absolute atomic E-state index is 12.6. The highest BCUT2D eigenvalue weighted by Gasteiger charge is 2.22. The highest BCUT2D eigenvalue weighted by atomic mass is 127. The van der Waals surface area contributed by atoms with Crippen LogP contribution in [0.4, 0.5) is 35.1 Å². The number of H-pyrrole nitrogens is 2. The lowest BCUT2D eigenvalue weighted by Gasteiger charge is -2.02. The van der Waals surface area contributed by atoms with E-state index in [1.165, 1.54) is 90.4 Å². The molecule has 0 spiro atoms. The third kappa shape index (κ3) is 8.15. The third-order valence-corrected chi connectivity index (χ3v) is 8.49. The molecule has 4 heterocycles.